The molecule has 2 heterocycles. The van der Waals surface area contributed by atoms with Gasteiger partial charge in [0.1, 0.15) is 0 Å². The number of anilines is 1. The number of aromatic nitrogens is 2. The van der Waals surface area contributed by atoms with Crippen molar-refractivity contribution in [3.05, 3.63) is 33.9 Å². The van der Waals surface area contributed by atoms with Crippen molar-refractivity contribution in [1.29, 1.82) is 0 Å². The molecule has 0 aliphatic heterocycles. The fourth-order valence-corrected chi connectivity index (χ4v) is 2.81. The molecule has 2 aromatic rings. The second-order valence-corrected chi connectivity index (χ2v) is 5.49. The van der Waals surface area contributed by atoms with Crippen molar-refractivity contribution in [2.75, 3.05) is 5.73 Å². The van der Waals surface area contributed by atoms with E-state index in [4.69, 9.17) is 17.3 Å². The molecule has 0 saturated heterocycles. The molecule has 78 valence electrons. The lowest BCUT2D eigenvalue weighted by molar-refractivity contribution is 1.14. The highest BCUT2D eigenvalue weighted by atomic mass is 35.5. The standard InChI is InChI=1S/C9H8ClN3S2/c10-9-13-4-7(15-9)5-14-8-2-1-6(11)3-12-8/h1-4H,5,11H2. The average Bonchev–Trinajstić information content (AvgIpc) is 2.64. The third-order valence-electron chi connectivity index (χ3n) is 1.65. The summed E-state index contributed by atoms with van der Waals surface area (Å²) in [5, 5.41) is 0.953. The zero-order valence-corrected chi connectivity index (χ0v) is 10.1. The molecule has 0 bridgehead atoms. The molecule has 0 fully saturated rings. The van der Waals surface area contributed by atoms with Crippen LogP contribution in [0.4, 0.5) is 5.69 Å². The topological polar surface area (TPSA) is 51.8 Å². The maximum Gasteiger partial charge on any atom is 0.183 e. The summed E-state index contributed by atoms with van der Waals surface area (Å²) in [5.41, 5.74) is 6.22. The number of hydrogen-bond acceptors (Lipinski definition) is 5. The Hall–Kier alpha value is -0.780. The summed E-state index contributed by atoms with van der Waals surface area (Å²) in [4.78, 5) is 9.30. The summed E-state index contributed by atoms with van der Waals surface area (Å²) in [7, 11) is 0. The lowest BCUT2D eigenvalue weighted by atomic mass is 10.4. The summed E-state index contributed by atoms with van der Waals surface area (Å²) in [6.45, 7) is 0. The summed E-state index contributed by atoms with van der Waals surface area (Å²) < 4.78 is 0.580. The molecule has 0 amide bonds. The number of thioether (sulfide) groups is 1. The normalized spacial score (nSPS) is 10.5. The molecule has 2 N–H and O–H groups in total. The van der Waals surface area contributed by atoms with Crippen LogP contribution in [0.25, 0.3) is 0 Å². The molecule has 2 aromatic heterocycles. The van der Waals surface area contributed by atoms with Crippen molar-refractivity contribution in [2.45, 2.75) is 10.8 Å². The fourth-order valence-electron chi connectivity index (χ4n) is 0.973. The van der Waals surface area contributed by atoms with Gasteiger partial charge in [-0.15, -0.1) is 23.1 Å². The van der Waals surface area contributed by atoms with Gasteiger partial charge in [0, 0.05) is 16.8 Å². The Morgan fingerprint density at radius 2 is 2.20 bits per heavy atom. The SMILES string of the molecule is Nc1ccc(SCc2cnc(Cl)s2)nc1. The third-order valence-corrected chi connectivity index (χ3v) is 3.94. The van der Waals surface area contributed by atoms with E-state index in [-0.39, 0.29) is 0 Å². The Morgan fingerprint density at radius 1 is 1.33 bits per heavy atom. The first-order valence-corrected chi connectivity index (χ1v) is 6.36. The van der Waals surface area contributed by atoms with Crippen LogP contribution in [0.15, 0.2) is 29.6 Å². The largest absolute Gasteiger partial charge is 0.397 e. The molecule has 0 unspecified atom stereocenters. The summed E-state index contributed by atoms with van der Waals surface area (Å²) in [6.07, 6.45) is 3.44. The maximum atomic E-state index is 5.73. The highest BCUT2D eigenvalue weighted by molar-refractivity contribution is 7.98. The molecule has 0 aliphatic rings. The van der Waals surface area contributed by atoms with Crippen LogP contribution in [0.1, 0.15) is 4.88 Å². The average molecular weight is 258 g/mol. The number of rotatable bonds is 3. The molecule has 3 nitrogen and oxygen atoms in total. The van der Waals surface area contributed by atoms with Crippen molar-refractivity contribution in [3.63, 3.8) is 0 Å². The number of nitrogens with two attached hydrogens (primary N) is 1. The van der Waals surface area contributed by atoms with Crippen LogP contribution in [0.5, 0.6) is 0 Å². The fraction of sp³-hybridized carbons (Fsp3) is 0.111. The summed E-state index contributed by atoms with van der Waals surface area (Å²) in [5.74, 6) is 0.835. The van der Waals surface area contributed by atoms with Crippen molar-refractivity contribution >= 4 is 40.4 Å². The molecule has 0 aromatic carbocycles. The van der Waals surface area contributed by atoms with Crippen molar-refractivity contribution in [1.82, 2.24) is 9.97 Å². The van der Waals surface area contributed by atoms with Gasteiger partial charge in [0.2, 0.25) is 0 Å². The van der Waals surface area contributed by atoms with Gasteiger partial charge in [0.05, 0.1) is 16.9 Å². The van der Waals surface area contributed by atoms with E-state index in [0.29, 0.717) is 10.2 Å². The van der Waals surface area contributed by atoms with Crippen LogP contribution >= 0.6 is 34.7 Å². The van der Waals surface area contributed by atoms with Crippen LogP contribution in [-0.4, -0.2) is 9.97 Å². The van der Waals surface area contributed by atoms with E-state index in [9.17, 15) is 0 Å². The number of hydrogen-bond donors (Lipinski definition) is 1. The van der Waals surface area contributed by atoms with Crippen LogP contribution in [0, 0.1) is 0 Å². The van der Waals surface area contributed by atoms with Gasteiger partial charge in [-0.25, -0.2) is 9.97 Å². The number of nitrogen functional groups attached to an aromatic ring is 1. The zero-order valence-electron chi connectivity index (χ0n) is 7.68. The van der Waals surface area contributed by atoms with Gasteiger partial charge in [0.15, 0.2) is 4.47 Å². The maximum absolute atomic E-state index is 5.73. The molecule has 6 heteroatoms. The molecule has 0 atom stereocenters. The van der Waals surface area contributed by atoms with E-state index < -0.39 is 0 Å². The Kier molecular flexibility index (Phi) is 3.45. The lowest BCUT2D eigenvalue weighted by Crippen LogP contribution is -1.86. The van der Waals surface area contributed by atoms with Gasteiger partial charge in [-0.1, -0.05) is 11.6 Å². The van der Waals surface area contributed by atoms with E-state index in [2.05, 4.69) is 9.97 Å². The van der Waals surface area contributed by atoms with Crippen LogP contribution in [0.3, 0.4) is 0 Å². The molecule has 0 spiro atoms. The van der Waals surface area contributed by atoms with Crippen molar-refractivity contribution in [2.24, 2.45) is 0 Å². The Labute approximate surface area is 101 Å². The highest BCUT2D eigenvalue weighted by Crippen LogP contribution is 2.26. The van der Waals surface area contributed by atoms with E-state index in [1.165, 1.54) is 11.3 Å². The van der Waals surface area contributed by atoms with Crippen molar-refractivity contribution < 1.29 is 0 Å². The number of halogens is 1. The summed E-state index contributed by atoms with van der Waals surface area (Å²) >= 11 is 8.86. The zero-order chi connectivity index (χ0) is 10.7. The number of pyridine rings is 1. The van der Waals surface area contributed by atoms with E-state index in [1.807, 2.05) is 12.1 Å². The van der Waals surface area contributed by atoms with Gasteiger partial charge in [0.25, 0.3) is 0 Å². The minimum atomic E-state index is 0.580. The second kappa shape index (κ2) is 4.83. The molecule has 2 rings (SSSR count). The molecule has 0 aliphatic carbocycles. The molecular weight excluding hydrogens is 250 g/mol. The number of nitrogens with zero attached hydrogens (tertiary/aromatic N) is 2. The minimum absolute atomic E-state index is 0.580. The number of thiazole rings is 1. The summed E-state index contributed by atoms with van der Waals surface area (Å²) in [6, 6.07) is 3.75. The first kappa shape index (κ1) is 10.7. The van der Waals surface area contributed by atoms with Crippen LogP contribution < -0.4 is 5.73 Å². The van der Waals surface area contributed by atoms with Gasteiger partial charge >= 0.3 is 0 Å². The Balaban J connectivity index is 1.96. The van der Waals surface area contributed by atoms with Crippen LogP contribution in [0.2, 0.25) is 4.47 Å². The quantitative estimate of drug-likeness (QED) is 0.859. The predicted octanol–water partition coefficient (Wildman–Crippen LogP) is 3.07. The molecule has 0 radical (unpaired) electrons. The minimum Gasteiger partial charge on any atom is -0.397 e. The van der Waals surface area contributed by atoms with E-state index in [1.54, 1.807) is 24.2 Å². The van der Waals surface area contributed by atoms with Gasteiger partial charge in [-0.2, -0.15) is 0 Å². The van der Waals surface area contributed by atoms with E-state index in [0.717, 1.165) is 15.7 Å². The molecular formula is C9H8ClN3S2. The lowest BCUT2D eigenvalue weighted by Gasteiger charge is -1.98. The molecule has 15 heavy (non-hydrogen) atoms. The third kappa shape index (κ3) is 3.09. The predicted molar refractivity (Wildman–Crippen MR) is 65.3 cm³/mol. The molecule has 0 saturated carbocycles. The van der Waals surface area contributed by atoms with E-state index >= 15 is 0 Å². The monoisotopic (exact) mass is 257 g/mol. The smallest absolute Gasteiger partial charge is 0.183 e. The Bertz CT molecular complexity index is 441. The second-order valence-electron chi connectivity index (χ2n) is 2.80. The van der Waals surface area contributed by atoms with Gasteiger partial charge < -0.3 is 5.73 Å². The van der Waals surface area contributed by atoms with Crippen molar-refractivity contribution in [3.8, 4) is 0 Å². The van der Waals surface area contributed by atoms with Gasteiger partial charge in [-0.3, -0.25) is 0 Å². The van der Waals surface area contributed by atoms with Gasteiger partial charge in [-0.05, 0) is 12.1 Å². The Morgan fingerprint density at radius 3 is 2.80 bits per heavy atom. The van der Waals surface area contributed by atoms with Crippen LogP contribution in [-0.2, 0) is 5.75 Å². The first-order chi connectivity index (χ1) is 7.24. The highest BCUT2D eigenvalue weighted by Gasteiger charge is 2.01. The first-order valence-electron chi connectivity index (χ1n) is 4.18.